The van der Waals surface area contributed by atoms with Crippen LogP contribution in [0.15, 0.2) is 36.4 Å². The molecule has 0 saturated heterocycles. The van der Waals surface area contributed by atoms with Crippen LogP contribution in [-0.4, -0.2) is 68.8 Å². The van der Waals surface area contributed by atoms with Crippen molar-refractivity contribution in [3.8, 4) is 0 Å². The van der Waals surface area contributed by atoms with Crippen molar-refractivity contribution in [3.63, 3.8) is 0 Å². The van der Waals surface area contributed by atoms with E-state index in [0.717, 1.165) is 30.0 Å². The van der Waals surface area contributed by atoms with Gasteiger partial charge >= 0.3 is 5.97 Å². The van der Waals surface area contributed by atoms with Crippen LogP contribution in [0.2, 0.25) is 0 Å². The van der Waals surface area contributed by atoms with Crippen LogP contribution in [0.3, 0.4) is 0 Å². The molecular weight excluding hydrogens is 376 g/mol. The number of carbonyl (C=O) groups is 3. The largest absolute Gasteiger partial charge is 0.460 e. The first-order valence-electron chi connectivity index (χ1n) is 9.82. The number of amides is 2. The molecule has 8 nitrogen and oxygen atoms in total. The molecule has 0 atom stereocenters. The summed E-state index contributed by atoms with van der Waals surface area (Å²) in [5, 5.41) is 3.29. The number of anilines is 1. The average Bonchev–Trinajstić information content (AvgIpc) is 3.05. The molecule has 2 rings (SSSR count). The van der Waals surface area contributed by atoms with Crippen molar-refractivity contribution in [2.45, 2.75) is 19.8 Å². The van der Waals surface area contributed by atoms with Crippen molar-refractivity contribution in [3.05, 3.63) is 42.0 Å². The number of ether oxygens (including phenoxy) is 3. The summed E-state index contributed by atoms with van der Waals surface area (Å²) in [6.07, 6.45) is 4.71. The lowest BCUT2D eigenvalue weighted by Gasteiger charge is -2.13. The predicted octanol–water partition coefficient (Wildman–Crippen LogP) is 2.01. The van der Waals surface area contributed by atoms with Crippen molar-refractivity contribution in [1.29, 1.82) is 0 Å². The van der Waals surface area contributed by atoms with Gasteiger partial charge in [0.25, 0.3) is 11.8 Å². The van der Waals surface area contributed by atoms with E-state index in [1.165, 1.54) is 12.2 Å². The minimum atomic E-state index is -0.390. The number of carbonyl (C=O) groups excluding carboxylic acids is 3. The van der Waals surface area contributed by atoms with Gasteiger partial charge in [0.2, 0.25) is 0 Å². The van der Waals surface area contributed by atoms with Crippen LogP contribution in [0.5, 0.6) is 0 Å². The molecule has 0 bridgehead atoms. The zero-order valence-electron chi connectivity index (χ0n) is 16.7. The Labute approximate surface area is 170 Å². The Hall–Kier alpha value is -2.71. The van der Waals surface area contributed by atoms with E-state index in [4.69, 9.17) is 14.2 Å². The third kappa shape index (κ3) is 8.05. The fourth-order valence-corrected chi connectivity index (χ4v) is 2.54. The number of hydrogen-bond donors (Lipinski definition) is 1. The molecule has 8 heteroatoms. The van der Waals surface area contributed by atoms with Gasteiger partial charge in [0.1, 0.15) is 6.61 Å². The SMILES string of the molecule is CCCCNc1ccc(C(=O)OCCOCCOCCN2C(=O)C=CC2=O)cc1. The molecule has 1 heterocycles. The molecule has 1 aliphatic heterocycles. The fourth-order valence-electron chi connectivity index (χ4n) is 2.54. The van der Waals surface area contributed by atoms with Crippen LogP contribution >= 0.6 is 0 Å². The zero-order valence-corrected chi connectivity index (χ0v) is 16.7. The van der Waals surface area contributed by atoms with E-state index in [1.54, 1.807) is 12.1 Å². The highest BCUT2D eigenvalue weighted by atomic mass is 16.6. The minimum absolute atomic E-state index is 0.151. The van der Waals surface area contributed by atoms with E-state index in [9.17, 15) is 14.4 Å². The fraction of sp³-hybridized carbons (Fsp3) is 0.476. The van der Waals surface area contributed by atoms with Crippen LogP contribution in [0.1, 0.15) is 30.1 Å². The third-order valence-corrected chi connectivity index (χ3v) is 4.17. The first kappa shape index (κ1) is 22.6. The highest BCUT2D eigenvalue weighted by Crippen LogP contribution is 2.10. The first-order chi connectivity index (χ1) is 14.1. The molecule has 1 aromatic rings. The Balaban J connectivity index is 1.48. The van der Waals surface area contributed by atoms with E-state index in [0.29, 0.717) is 18.8 Å². The van der Waals surface area contributed by atoms with Crippen molar-refractivity contribution in [2.24, 2.45) is 0 Å². The van der Waals surface area contributed by atoms with E-state index in [1.807, 2.05) is 12.1 Å². The summed E-state index contributed by atoms with van der Waals surface area (Å²) in [7, 11) is 0. The number of unbranched alkanes of at least 4 members (excludes halogenated alkanes) is 1. The summed E-state index contributed by atoms with van der Waals surface area (Å²) in [5.41, 5.74) is 1.47. The lowest BCUT2D eigenvalue weighted by atomic mass is 10.2. The van der Waals surface area contributed by atoms with Crippen LogP contribution < -0.4 is 5.32 Å². The normalized spacial score (nSPS) is 13.2. The van der Waals surface area contributed by atoms with Crippen molar-refractivity contribution in [1.82, 2.24) is 4.90 Å². The summed E-state index contributed by atoms with van der Waals surface area (Å²) < 4.78 is 15.8. The summed E-state index contributed by atoms with van der Waals surface area (Å²) in [5.74, 6) is -1.03. The van der Waals surface area contributed by atoms with E-state index < -0.39 is 5.97 Å². The maximum atomic E-state index is 12.0. The molecule has 1 N–H and O–H groups in total. The second-order valence-electron chi connectivity index (χ2n) is 6.38. The van der Waals surface area contributed by atoms with Gasteiger partial charge in [-0.05, 0) is 30.7 Å². The molecular formula is C21H28N2O6. The highest BCUT2D eigenvalue weighted by molar-refractivity contribution is 6.12. The number of imide groups is 1. The number of benzene rings is 1. The number of hydrogen-bond acceptors (Lipinski definition) is 7. The second-order valence-corrected chi connectivity index (χ2v) is 6.38. The maximum Gasteiger partial charge on any atom is 0.338 e. The van der Waals surface area contributed by atoms with E-state index in [-0.39, 0.29) is 38.2 Å². The van der Waals surface area contributed by atoms with Crippen LogP contribution in [0.4, 0.5) is 5.69 Å². The molecule has 0 saturated carbocycles. The van der Waals surface area contributed by atoms with Gasteiger partial charge < -0.3 is 19.5 Å². The molecule has 29 heavy (non-hydrogen) atoms. The molecule has 0 fully saturated rings. The van der Waals surface area contributed by atoms with Crippen molar-refractivity contribution in [2.75, 3.05) is 51.4 Å². The van der Waals surface area contributed by atoms with Gasteiger partial charge in [-0.2, -0.15) is 0 Å². The first-order valence-corrected chi connectivity index (χ1v) is 9.82. The molecule has 0 unspecified atom stereocenters. The average molecular weight is 404 g/mol. The van der Waals surface area contributed by atoms with Gasteiger partial charge in [-0.1, -0.05) is 13.3 Å². The van der Waals surface area contributed by atoms with Gasteiger partial charge in [0, 0.05) is 24.4 Å². The quantitative estimate of drug-likeness (QED) is 0.288. The predicted molar refractivity (Wildman–Crippen MR) is 108 cm³/mol. The van der Waals surface area contributed by atoms with Gasteiger partial charge in [0.15, 0.2) is 0 Å². The third-order valence-electron chi connectivity index (χ3n) is 4.17. The van der Waals surface area contributed by atoms with Crippen LogP contribution in [0.25, 0.3) is 0 Å². The van der Waals surface area contributed by atoms with E-state index in [2.05, 4.69) is 12.2 Å². The van der Waals surface area contributed by atoms with Crippen molar-refractivity contribution >= 4 is 23.5 Å². The Bertz CT molecular complexity index is 684. The van der Waals surface area contributed by atoms with Crippen molar-refractivity contribution < 1.29 is 28.6 Å². The Morgan fingerprint density at radius 3 is 2.21 bits per heavy atom. The molecule has 0 aromatic heterocycles. The standard InChI is InChI=1S/C21H28N2O6/c1-2-3-10-22-18-6-4-17(5-7-18)21(26)29-16-15-28-14-13-27-12-11-23-19(24)8-9-20(23)25/h4-9,22H,2-3,10-16H2,1H3. The molecule has 2 amide bonds. The minimum Gasteiger partial charge on any atom is -0.460 e. The number of esters is 1. The van der Waals surface area contributed by atoms with Gasteiger partial charge in [0.05, 0.1) is 38.5 Å². The zero-order chi connectivity index (χ0) is 20.9. The smallest absolute Gasteiger partial charge is 0.338 e. The molecule has 0 spiro atoms. The van der Waals surface area contributed by atoms with Crippen LogP contribution in [0, 0.1) is 0 Å². The van der Waals surface area contributed by atoms with E-state index >= 15 is 0 Å². The Morgan fingerprint density at radius 2 is 1.55 bits per heavy atom. The summed E-state index contributed by atoms with van der Waals surface area (Å²) in [4.78, 5) is 35.8. The molecule has 0 aliphatic carbocycles. The monoisotopic (exact) mass is 404 g/mol. The van der Waals surface area contributed by atoms with Crippen LogP contribution in [-0.2, 0) is 23.8 Å². The molecule has 1 aromatic carbocycles. The molecule has 158 valence electrons. The highest BCUT2D eigenvalue weighted by Gasteiger charge is 2.22. The summed E-state index contributed by atoms with van der Waals surface area (Å²) in [6, 6.07) is 7.19. The lowest BCUT2D eigenvalue weighted by Crippen LogP contribution is -2.33. The number of rotatable bonds is 14. The Kier molecular flexibility index (Phi) is 9.88. The van der Waals surface area contributed by atoms with Gasteiger partial charge in [-0.15, -0.1) is 0 Å². The second kappa shape index (κ2) is 12.7. The topological polar surface area (TPSA) is 94.2 Å². The van der Waals surface area contributed by atoms with Gasteiger partial charge in [-0.25, -0.2) is 4.79 Å². The molecule has 1 aliphatic rings. The van der Waals surface area contributed by atoms with Gasteiger partial charge in [-0.3, -0.25) is 14.5 Å². The molecule has 0 radical (unpaired) electrons. The maximum absolute atomic E-state index is 12.0. The number of nitrogens with zero attached hydrogens (tertiary/aromatic N) is 1. The summed E-state index contributed by atoms with van der Waals surface area (Å²) >= 11 is 0. The Morgan fingerprint density at radius 1 is 0.931 bits per heavy atom. The summed E-state index contributed by atoms with van der Waals surface area (Å²) in [6.45, 7) is 4.58. The lowest BCUT2D eigenvalue weighted by molar-refractivity contribution is -0.137. The number of nitrogens with one attached hydrogen (secondary N) is 1.